The first kappa shape index (κ1) is 18.7. The Morgan fingerprint density at radius 3 is 2.52 bits per heavy atom. The van der Waals surface area contributed by atoms with Crippen LogP contribution in [0.5, 0.6) is 0 Å². The molecule has 140 valence electrons. The van der Waals surface area contributed by atoms with Gasteiger partial charge in [0.25, 0.3) is 5.91 Å². The van der Waals surface area contributed by atoms with Crippen molar-refractivity contribution < 1.29 is 26.4 Å². The molecule has 0 bridgehead atoms. The molecule has 3 aromatic rings. The Morgan fingerprint density at radius 1 is 1.00 bits per heavy atom. The molecule has 3 rings (SSSR count). The average molecular weight is 392 g/mol. The Bertz CT molecular complexity index is 1070. The second kappa shape index (κ2) is 7.68. The second-order valence-electron chi connectivity index (χ2n) is 5.51. The van der Waals surface area contributed by atoms with E-state index >= 15 is 0 Å². The van der Waals surface area contributed by atoms with Gasteiger partial charge in [0.1, 0.15) is 5.76 Å². The third-order valence-corrected chi connectivity index (χ3v) is 5.00. The summed E-state index contributed by atoms with van der Waals surface area (Å²) in [5.74, 6) is -2.37. The van der Waals surface area contributed by atoms with Gasteiger partial charge >= 0.3 is 0 Å². The maximum absolute atomic E-state index is 13.2. The Labute approximate surface area is 153 Å². The molecule has 27 heavy (non-hydrogen) atoms. The van der Waals surface area contributed by atoms with Crippen LogP contribution in [0.4, 0.5) is 14.5 Å². The summed E-state index contributed by atoms with van der Waals surface area (Å²) >= 11 is 0. The van der Waals surface area contributed by atoms with E-state index < -0.39 is 27.6 Å². The first-order valence-electron chi connectivity index (χ1n) is 7.74. The van der Waals surface area contributed by atoms with Gasteiger partial charge in [-0.05, 0) is 42.5 Å². The lowest BCUT2D eigenvalue weighted by Crippen LogP contribution is -2.23. The van der Waals surface area contributed by atoms with Crippen molar-refractivity contribution in [2.75, 3.05) is 5.32 Å². The van der Waals surface area contributed by atoms with E-state index in [2.05, 4.69) is 10.0 Å². The van der Waals surface area contributed by atoms with Gasteiger partial charge in [-0.1, -0.05) is 6.07 Å². The monoisotopic (exact) mass is 392 g/mol. The smallest absolute Gasteiger partial charge is 0.255 e. The summed E-state index contributed by atoms with van der Waals surface area (Å²) < 4.78 is 58.3. The van der Waals surface area contributed by atoms with Gasteiger partial charge in [-0.25, -0.2) is 21.9 Å². The van der Waals surface area contributed by atoms with Crippen LogP contribution in [0, 0.1) is 11.6 Å². The number of nitrogens with one attached hydrogen (secondary N) is 2. The lowest BCUT2D eigenvalue weighted by Gasteiger charge is -2.09. The minimum Gasteiger partial charge on any atom is -0.468 e. The summed E-state index contributed by atoms with van der Waals surface area (Å²) in [5, 5.41) is 2.38. The summed E-state index contributed by atoms with van der Waals surface area (Å²) in [4.78, 5) is 12.2. The summed E-state index contributed by atoms with van der Waals surface area (Å²) in [5.41, 5.74) is 0.0868. The quantitative estimate of drug-likeness (QED) is 0.674. The molecule has 0 aliphatic heterocycles. The van der Waals surface area contributed by atoms with Crippen LogP contribution in [0.3, 0.4) is 0 Å². The molecule has 0 aliphatic carbocycles. The van der Waals surface area contributed by atoms with Crippen molar-refractivity contribution in [3.63, 3.8) is 0 Å². The molecule has 0 aliphatic rings. The first-order chi connectivity index (χ1) is 12.8. The molecule has 1 amide bonds. The van der Waals surface area contributed by atoms with Gasteiger partial charge in [0.2, 0.25) is 10.0 Å². The number of carbonyl (C=O) groups excluding carboxylic acids is 1. The topological polar surface area (TPSA) is 88.4 Å². The number of benzene rings is 2. The van der Waals surface area contributed by atoms with Gasteiger partial charge < -0.3 is 9.73 Å². The number of carbonyl (C=O) groups is 1. The molecule has 0 fully saturated rings. The van der Waals surface area contributed by atoms with Crippen LogP contribution < -0.4 is 10.0 Å². The third kappa shape index (κ3) is 4.57. The predicted octanol–water partition coefficient (Wildman–Crippen LogP) is 3.29. The maximum atomic E-state index is 13.2. The number of hydrogen-bond acceptors (Lipinski definition) is 4. The summed E-state index contributed by atoms with van der Waals surface area (Å²) in [6.45, 7) is -0.0411. The van der Waals surface area contributed by atoms with E-state index in [-0.39, 0.29) is 22.7 Å². The molecule has 0 saturated heterocycles. The van der Waals surface area contributed by atoms with Crippen LogP contribution >= 0.6 is 0 Å². The zero-order chi connectivity index (χ0) is 19.4. The number of furan rings is 1. The van der Waals surface area contributed by atoms with Crippen molar-refractivity contribution in [2.24, 2.45) is 0 Å². The van der Waals surface area contributed by atoms with Gasteiger partial charge in [-0.2, -0.15) is 0 Å². The van der Waals surface area contributed by atoms with E-state index in [9.17, 15) is 22.0 Å². The van der Waals surface area contributed by atoms with E-state index in [1.807, 2.05) is 0 Å². The summed E-state index contributed by atoms with van der Waals surface area (Å²) in [6, 6.07) is 11.5. The fraction of sp³-hybridized carbons (Fsp3) is 0.0556. The van der Waals surface area contributed by atoms with Gasteiger partial charge in [0.15, 0.2) is 11.6 Å². The third-order valence-electron chi connectivity index (χ3n) is 3.60. The number of sulfonamides is 1. The predicted molar refractivity (Wildman–Crippen MR) is 93.5 cm³/mol. The summed E-state index contributed by atoms with van der Waals surface area (Å²) in [6.07, 6.45) is 1.42. The molecule has 0 atom stereocenters. The number of rotatable bonds is 6. The van der Waals surface area contributed by atoms with Gasteiger partial charge in [0, 0.05) is 17.3 Å². The SMILES string of the molecule is O=C(Nc1ccc(F)c(F)c1)c1cccc(S(=O)(=O)NCc2ccco2)c1. The normalized spacial score (nSPS) is 11.3. The van der Waals surface area contributed by atoms with E-state index in [1.165, 1.54) is 36.6 Å². The zero-order valence-corrected chi connectivity index (χ0v) is 14.6. The maximum Gasteiger partial charge on any atom is 0.255 e. The van der Waals surface area contributed by atoms with Crippen molar-refractivity contribution in [1.29, 1.82) is 0 Å². The Balaban J connectivity index is 1.75. The second-order valence-corrected chi connectivity index (χ2v) is 7.28. The van der Waals surface area contributed by atoms with E-state index in [1.54, 1.807) is 12.1 Å². The first-order valence-corrected chi connectivity index (χ1v) is 9.22. The molecule has 1 heterocycles. The van der Waals surface area contributed by atoms with Crippen LogP contribution in [0.2, 0.25) is 0 Å². The van der Waals surface area contributed by atoms with Crippen LogP contribution in [-0.2, 0) is 16.6 Å². The van der Waals surface area contributed by atoms with Gasteiger partial charge in [-0.3, -0.25) is 4.79 Å². The van der Waals surface area contributed by atoms with E-state index in [0.29, 0.717) is 5.76 Å². The highest BCUT2D eigenvalue weighted by molar-refractivity contribution is 7.89. The molecule has 2 aromatic carbocycles. The molecule has 0 spiro atoms. The van der Waals surface area contributed by atoms with Gasteiger partial charge in [-0.15, -0.1) is 0 Å². The molecule has 6 nitrogen and oxygen atoms in total. The summed E-state index contributed by atoms with van der Waals surface area (Å²) in [7, 11) is -3.88. The van der Waals surface area contributed by atoms with Crippen molar-refractivity contribution in [1.82, 2.24) is 4.72 Å². The number of hydrogen-bond donors (Lipinski definition) is 2. The number of anilines is 1. The highest BCUT2D eigenvalue weighted by atomic mass is 32.2. The van der Waals surface area contributed by atoms with Crippen molar-refractivity contribution >= 4 is 21.6 Å². The molecule has 0 radical (unpaired) electrons. The lowest BCUT2D eigenvalue weighted by molar-refractivity contribution is 0.102. The zero-order valence-electron chi connectivity index (χ0n) is 13.8. The van der Waals surface area contributed by atoms with Crippen LogP contribution in [-0.4, -0.2) is 14.3 Å². The minimum absolute atomic E-state index is 0.0411. The molecule has 0 saturated carbocycles. The standard InChI is InChI=1S/C18H14F2N2O4S/c19-16-7-6-13(10-17(16)20)22-18(23)12-3-1-5-15(9-12)27(24,25)21-11-14-4-2-8-26-14/h1-10,21H,11H2,(H,22,23). The van der Waals surface area contributed by atoms with Crippen molar-refractivity contribution in [3.05, 3.63) is 83.8 Å². The number of halogens is 2. The lowest BCUT2D eigenvalue weighted by atomic mass is 10.2. The molecular formula is C18H14F2N2O4S. The highest BCUT2D eigenvalue weighted by Crippen LogP contribution is 2.16. The molecule has 9 heteroatoms. The molecule has 0 unspecified atom stereocenters. The van der Waals surface area contributed by atoms with Crippen LogP contribution in [0.1, 0.15) is 16.1 Å². The molecular weight excluding hydrogens is 378 g/mol. The minimum atomic E-state index is -3.88. The van der Waals surface area contributed by atoms with Crippen molar-refractivity contribution in [2.45, 2.75) is 11.4 Å². The number of amides is 1. The molecule has 2 N–H and O–H groups in total. The van der Waals surface area contributed by atoms with E-state index in [4.69, 9.17) is 4.42 Å². The fourth-order valence-corrected chi connectivity index (χ4v) is 3.28. The highest BCUT2D eigenvalue weighted by Gasteiger charge is 2.17. The van der Waals surface area contributed by atoms with Crippen LogP contribution in [0.25, 0.3) is 0 Å². The van der Waals surface area contributed by atoms with Crippen molar-refractivity contribution in [3.8, 4) is 0 Å². The Hall–Kier alpha value is -3.04. The Morgan fingerprint density at radius 2 is 1.81 bits per heavy atom. The average Bonchev–Trinajstić information content (AvgIpc) is 3.17. The fourth-order valence-electron chi connectivity index (χ4n) is 2.24. The largest absolute Gasteiger partial charge is 0.468 e. The molecule has 1 aromatic heterocycles. The Kier molecular flexibility index (Phi) is 5.33. The van der Waals surface area contributed by atoms with Gasteiger partial charge in [0.05, 0.1) is 17.7 Å². The van der Waals surface area contributed by atoms with E-state index in [0.717, 1.165) is 12.1 Å². The van der Waals surface area contributed by atoms with Crippen LogP contribution in [0.15, 0.2) is 70.2 Å².